The molecule has 1 aliphatic carbocycles. The Kier molecular flexibility index (Phi) is 3.43. The lowest BCUT2D eigenvalue weighted by atomic mass is 9.71. The molecule has 0 aromatic heterocycles. The Labute approximate surface area is 120 Å². The highest BCUT2D eigenvalue weighted by Gasteiger charge is 2.42. The fourth-order valence-electron chi connectivity index (χ4n) is 3.80. The van der Waals surface area contributed by atoms with Crippen molar-refractivity contribution in [3.8, 4) is 6.07 Å². The van der Waals surface area contributed by atoms with Crippen LogP contribution < -0.4 is 4.90 Å². The number of aliphatic hydroxyl groups is 1. The van der Waals surface area contributed by atoms with E-state index in [9.17, 15) is 10.4 Å². The third-order valence-electron chi connectivity index (χ3n) is 5.04. The second-order valence-electron chi connectivity index (χ2n) is 6.37. The van der Waals surface area contributed by atoms with E-state index in [-0.39, 0.29) is 0 Å². The third-order valence-corrected chi connectivity index (χ3v) is 5.04. The van der Waals surface area contributed by atoms with Crippen LogP contribution in [0, 0.1) is 24.2 Å². The second-order valence-corrected chi connectivity index (χ2v) is 6.37. The molecule has 0 radical (unpaired) electrons. The zero-order chi connectivity index (χ0) is 14.2. The Hall–Kier alpha value is -1.53. The van der Waals surface area contributed by atoms with Crippen molar-refractivity contribution in [3.05, 3.63) is 29.3 Å². The molecule has 106 valence electrons. The Morgan fingerprint density at radius 2 is 2.20 bits per heavy atom. The molecule has 3 heteroatoms. The smallest absolute Gasteiger partial charge is 0.101 e. The van der Waals surface area contributed by atoms with Crippen molar-refractivity contribution in [1.29, 1.82) is 5.26 Å². The van der Waals surface area contributed by atoms with Gasteiger partial charge in [0, 0.05) is 19.0 Å². The number of piperidine rings is 1. The summed E-state index contributed by atoms with van der Waals surface area (Å²) < 4.78 is 0. The SMILES string of the molecule is Cc1ccc(N2CCC3(O)CCCCC3C2)c(C#N)c1. The first-order valence-corrected chi connectivity index (χ1v) is 7.60. The van der Waals surface area contributed by atoms with Gasteiger partial charge in [0.15, 0.2) is 0 Å². The highest BCUT2D eigenvalue weighted by molar-refractivity contribution is 5.60. The first kappa shape index (κ1) is 13.5. The van der Waals surface area contributed by atoms with E-state index in [1.165, 1.54) is 6.42 Å². The topological polar surface area (TPSA) is 47.3 Å². The van der Waals surface area contributed by atoms with Crippen molar-refractivity contribution in [2.45, 2.75) is 44.6 Å². The van der Waals surface area contributed by atoms with E-state index in [1.54, 1.807) is 0 Å². The van der Waals surface area contributed by atoms with E-state index in [0.717, 1.165) is 55.6 Å². The molecule has 1 aromatic rings. The van der Waals surface area contributed by atoms with Crippen molar-refractivity contribution in [3.63, 3.8) is 0 Å². The molecule has 2 fully saturated rings. The standard InChI is InChI=1S/C17H22N2O/c1-13-5-6-16(14(10-13)11-18)19-9-8-17(20)7-3-2-4-15(17)12-19/h5-6,10,15,20H,2-4,7-9,12H2,1H3. The molecular weight excluding hydrogens is 248 g/mol. The maximum Gasteiger partial charge on any atom is 0.101 e. The summed E-state index contributed by atoms with van der Waals surface area (Å²) in [5, 5.41) is 20.1. The zero-order valence-corrected chi connectivity index (χ0v) is 12.1. The molecule has 3 nitrogen and oxygen atoms in total. The van der Waals surface area contributed by atoms with Crippen LogP contribution in [0.25, 0.3) is 0 Å². The predicted octanol–water partition coefficient (Wildman–Crippen LogP) is 3.00. The molecule has 1 heterocycles. The van der Waals surface area contributed by atoms with Gasteiger partial charge in [0.25, 0.3) is 0 Å². The largest absolute Gasteiger partial charge is 0.389 e. The number of nitriles is 1. The Bertz CT molecular complexity index is 548. The van der Waals surface area contributed by atoms with Gasteiger partial charge in [0.05, 0.1) is 16.9 Å². The van der Waals surface area contributed by atoms with Gasteiger partial charge in [0.2, 0.25) is 0 Å². The highest BCUT2D eigenvalue weighted by Crippen LogP contribution is 2.41. The normalized spacial score (nSPS) is 29.6. The van der Waals surface area contributed by atoms with Gasteiger partial charge in [-0.05, 0) is 43.9 Å². The van der Waals surface area contributed by atoms with Gasteiger partial charge < -0.3 is 10.0 Å². The number of benzene rings is 1. The Morgan fingerprint density at radius 3 is 3.00 bits per heavy atom. The summed E-state index contributed by atoms with van der Waals surface area (Å²) in [6.07, 6.45) is 5.27. The summed E-state index contributed by atoms with van der Waals surface area (Å²) in [6.45, 7) is 3.75. The molecule has 1 aromatic carbocycles. The van der Waals surface area contributed by atoms with E-state index >= 15 is 0 Å². The van der Waals surface area contributed by atoms with Gasteiger partial charge >= 0.3 is 0 Å². The van der Waals surface area contributed by atoms with Crippen molar-refractivity contribution < 1.29 is 5.11 Å². The molecule has 1 N–H and O–H groups in total. The molecule has 3 rings (SSSR count). The summed E-state index contributed by atoms with van der Waals surface area (Å²) >= 11 is 0. The molecule has 2 atom stereocenters. The lowest BCUT2D eigenvalue weighted by molar-refractivity contribution is -0.0612. The molecule has 0 spiro atoms. The van der Waals surface area contributed by atoms with Crippen molar-refractivity contribution in [2.24, 2.45) is 5.92 Å². The van der Waals surface area contributed by atoms with Crippen LogP contribution in [-0.4, -0.2) is 23.8 Å². The van der Waals surface area contributed by atoms with Gasteiger partial charge in [-0.15, -0.1) is 0 Å². The fourth-order valence-corrected chi connectivity index (χ4v) is 3.80. The van der Waals surface area contributed by atoms with E-state index in [1.807, 2.05) is 13.0 Å². The van der Waals surface area contributed by atoms with Crippen molar-refractivity contribution >= 4 is 5.69 Å². The van der Waals surface area contributed by atoms with Crippen LogP contribution in [0.5, 0.6) is 0 Å². The second kappa shape index (κ2) is 5.10. The summed E-state index contributed by atoms with van der Waals surface area (Å²) in [6, 6.07) is 8.39. The molecule has 0 amide bonds. The number of hydrogen-bond acceptors (Lipinski definition) is 3. The van der Waals surface area contributed by atoms with Crippen molar-refractivity contribution in [1.82, 2.24) is 0 Å². The van der Waals surface area contributed by atoms with Gasteiger partial charge in [-0.2, -0.15) is 5.26 Å². The first-order valence-electron chi connectivity index (χ1n) is 7.60. The van der Waals surface area contributed by atoms with E-state index < -0.39 is 5.60 Å². The average molecular weight is 270 g/mol. The monoisotopic (exact) mass is 270 g/mol. The van der Waals surface area contributed by atoms with Gasteiger partial charge in [0.1, 0.15) is 6.07 Å². The van der Waals surface area contributed by atoms with Crippen LogP contribution in [0.15, 0.2) is 18.2 Å². The minimum Gasteiger partial charge on any atom is -0.389 e. The highest BCUT2D eigenvalue weighted by atomic mass is 16.3. The number of hydrogen-bond donors (Lipinski definition) is 1. The zero-order valence-electron chi connectivity index (χ0n) is 12.1. The molecular formula is C17H22N2O. The minimum atomic E-state index is -0.452. The van der Waals surface area contributed by atoms with Gasteiger partial charge in [-0.25, -0.2) is 0 Å². The maximum absolute atomic E-state index is 10.7. The van der Waals surface area contributed by atoms with Crippen LogP contribution in [0.3, 0.4) is 0 Å². The van der Waals surface area contributed by atoms with E-state index in [4.69, 9.17) is 0 Å². The van der Waals surface area contributed by atoms with Crippen LogP contribution in [0.2, 0.25) is 0 Å². The molecule has 2 aliphatic rings. The van der Waals surface area contributed by atoms with E-state index in [0.29, 0.717) is 5.92 Å². The average Bonchev–Trinajstić information content (AvgIpc) is 2.46. The number of anilines is 1. The third kappa shape index (κ3) is 2.29. The van der Waals surface area contributed by atoms with Crippen molar-refractivity contribution in [2.75, 3.05) is 18.0 Å². The lowest BCUT2D eigenvalue weighted by Crippen LogP contribution is -2.53. The van der Waals surface area contributed by atoms with Crippen LogP contribution in [-0.2, 0) is 0 Å². The number of fused-ring (bicyclic) bond motifs is 1. The lowest BCUT2D eigenvalue weighted by Gasteiger charge is -2.48. The number of rotatable bonds is 1. The van der Waals surface area contributed by atoms with Crippen LogP contribution >= 0.6 is 0 Å². The summed E-state index contributed by atoms with van der Waals surface area (Å²) in [5.41, 5.74) is 2.46. The molecule has 1 saturated carbocycles. The fraction of sp³-hybridized carbons (Fsp3) is 0.588. The molecule has 1 saturated heterocycles. The predicted molar refractivity (Wildman–Crippen MR) is 79.6 cm³/mol. The first-order chi connectivity index (χ1) is 9.62. The van der Waals surface area contributed by atoms with Crippen LogP contribution in [0.4, 0.5) is 5.69 Å². The molecule has 0 bridgehead atoms. The van der Waals surface area contributed by atoms with Crippen LogP contribution in [0.1, 0.15) is 43.2 Å². The Morgan fingerprint density at radius 1 is 1.35 bits per heavy atom. The number of aryl methyl sites for hydroxylation is 1. The summed E-state index contributed by atoms with van der Waals surface area (Å²) in [7, 11) is 0. The van der Waals surface area contributed by atoms with Gasteiger partial charge in [-0.3, -0.25) is 0 Å². The molecule has 20 heavy (non-hydrogen) atoms. The Balaban J connectivity index is 1.85. The summed E-state index contributed by atoms with van der Waals surface area (Å²) in [5.74, 6) is 0.359. The molecule has 2 unspecified atom stereocenters. The van der Waals surface area contributed by atoms with Gasteiger partial charge in [-0.1, -0.05) is 18.9 Å². The number of nitrogens with zero attached hydrogens (tertiary/aromatic N) is 2. The summed E-state index contributed by atoms with van der Waals surface area (Å²) in [4.78, 5) is 2.29. The molecule has 1 aliphatic heterocycles. The van der Waals surface area contributed by atoms with E-state index in [2.05, 4.69) is 23.1 Å². The minimum absolute atomic E-state index is 0.359. The quantitative estimate of drug-likeness (QED) is 0.853. The maximum atomic E-state index is 10.7.